The molecule has 158 valence electrons. The molecule has 0 radical (unpaired) electrons. The SMILES string of the molecule is CN(C)C(=O)c1ccc(-c2cnc(N)c(-c3nnc(Nc4ccccc4C#N)s3)n2)cc1. The molecular formula is C22H18N8OS. The number of carbonyl (C=O) groups excluding carboxylic acids is 1. The van der Waals surface area contributed by atoms with Gasteiger partial charge in [-0.15, -0.1) is 10.2 Å². The van der Waals surface area contributed by atoms with Crippen LogP contribution in [-0.4, -0.2) is 45.1 Å². The average Bonchev–Trinajstić information content (AvgIpc) is 3.27. The molecular weight excluding hydrogens is 424 g/mol. The van der Waals surface area contributed by atoms with Crippen molar-refractivity contribution >= 4 is 33.9 Å². The first-order valence-corrected chi connectivity index (χ1v) is 10.3. The van der Waals surface area contributed by atoms with Gasteiger partial charge in [0.1, 0.15) is 11.8 Å². The lowest BCUT2D eigenvalue weighted by molar-refractivity contribution is 0.0827. The number of anilines is 3. The molecule has 0 aliphatic rings. The standard InChI is InChI=1S/C22H18N8OS/c1-30(2)21(31)14-9-7-13(8-10-14)17-12-25-19(24)18(26-17)20-28-29-22(32-20)27-16-6-4-3-5-15(16)11-23/h3-10,12H,1-2H3,(H2,24,25)(H,27,29). The third-order valence-corrected chi connectivity index (χ3v) is 5.40. The Morgan fingerprint density at radius 1 is 1.12 bits per heavy atom. The van der Waals surface area contributed by atoms with Crippen LogP contribution < -0.4 is 11.1 Å². The van der Waals surface area contributed by atoms with Gasteiger partial charge in [-0.1, -0.05) is 35.6 Å². The minimum atomic E-state index is -0.0764. The number of rotatable bonds is 5. The summed E-state index contributed by atoms with van der Waals surface area (Å²) in [4.78, 5) is 22.5. The summed E-state index contributed by atoms with van der Waals surface area (Å²) >= 11 is 1.25. The average molecular weight is 443 g/mol. The Morgan fingerprint density at radius 2 is 1.88 bits per heavy atom. The van der Waals surface area contributed by atoms with E-state index in [1.54, 1.807) is 50.6 Å². The van der Waals surface area contributed by atoms with E-state index in [0.29, 0.717) is 38.3 Å². The van der Waals surface area contributed by atoms with E-state index in [1.165, 1.54) is 16.2 Å². The first-order chi connectivity index (χ1) is 15.5. The van der Waals surface area contributed by atoms with Gasteiger partial charge in [0.15, 0.2) is 10.8 Å². The van der Waals surface area contributed by atoms with Crippen molar-refractivity contribution in [3.05, 3.63) is 65.9 Å². The minimum absolute atomic E-state index is 0.0764. The number of hydrogen-bond donors (Lipinski definition) is 2. The molecule has 0 unspecified atom stereocenters. The number of nitrogens with zero attached hydrogens (tertiary/aromatic N) is 6. The van der Waals surface area contributed by atoms with Gasteiger partial charge < -0.3 is 16.0 Å². The molecule has 0 aliphatic carbocycles. The fourth-order valence-corrected chi connectivity index (χ4v) is 3.67. The summed E-state index contributed by atoms with van der Waals surface area (Å²) in [5.74, 6) is 0.153. The molecule has 9 nitrogen and oxygen atoms in total. The third-order valence-electron chi connectivity index (χ3n) is 4.55. The summed E-state index contributed by atoms with van der Waals surface area (Å²) in [5.41, 5.74) is 9.58. The molecule has 0 aliphatic heterocycles. The molecule has 0 saturated heterocycles. The van der Waals surface area contributed by atoms with Gasteiger partial charge in [0, 0.05) is 25.2 Å². The quantitative estimate of drug-likeness (QED) is 0.479. The summed E-state index contributed by atoms with van der Waals surface area (Å²) in [6.07, 6.45) is 1.57. The van der Waals surface area contributed by atoms with Crippen LogP contribution in [0.15, 0.2) is 54.7 Å². The largest absolute Gasteiger partial charge is 0.382 e. The maximum Gasteiger partial charge on any atom is 0.253 e. The smallest absolute Gasteiger partial charge is 0.253 e. The first-order valence-electron chi connectivity index (χ1n) is 9.51. The maximum atomic E-state index is 12.1. The maximum absolute atomic E-state index is 12.1. The van der Waals surface area contributed by atoms with Crippen molar-refractivity contribution in [2.75, 3.05) is 25.1 Å². The Labute approximate surface area is 188 Å². The number of aromatic nitrogens is 4. The highest BCUT2D eigenvalue weighted by Gasteiger charge is 2.16. The fraction of sp³-hybridized carbons (Fsp3) is 0.0909. The number of nitriles is 1. The number of para-hydroxylation sites is 1. The second-order valence-corrected chi connectivity index (χ2v) is 7.94. The number of nitrogen functional groups attached to an aromatic ring is 1. The lowest BCUT2D eigenvalue weighted by Gasteiger charge is -2.10. The second kappa shape index (κ2) is 8.79. The highest BCUT2D eigenvalue weighted by Crippen LogP contribution is 2.32. The molecule has 2 aromatic heterocycles. The molecule has 10 heteroatoms. The summed E-state index contributed by atoms with van der Waals surface area (Å²) in [6, 6.07) is 16.4. The predicted octanol–water partition coefficient (Wildman–Crippen LogP) is 3.56. The zero-order valence-corrected chi connectivity index (χ0v) is 18.1. The number of carbonyl (C=O) groups is 1. The molecule has 0 atom stereocenters. The Kier molecular flexibility index (Phi) is 5.74. The molecule has 2 aromatic carbocycles. The molecule has 0 fully saturated rings. The molecule has 4 rings (SSSR count). The van der Waals surface area contributed by atoms with E-state index in [0.717, 1.165) is 5.56 Å². The number of benzene rings is 2. The molecule has 1 amide bonds. The number of amides is 1. The lowest BCUT2D eigenvalue weighted by Crippen LogP contribution is -2.21. The summed E-state index contributed by atoms with van der Waals surface area (Å²) in [7, 11) is 3.41. The molecule has 3 N–H and O–H groups in total. The van der Waals surface area contributed by atoms with Crippen molar-refractivity contribution in [1.82, 2.24) is 25.1 Å². The van der Waals surface area contributed by atoms with Crippen LogP contribution >= 0.6 is 11.3 Å². The van der Waals surface area contributed by atoms with Crippen LogP contribution in [0.3, 0.4) is 0 Å². The van der Waals surface area contributed by atoms with Crippen molar-refractivity contribution < 1.29 is 4.79 Å². The number of hydrogen-bond acceptors (Lipinski definition) is 9. The van der Waals surface area contributed by atoms with Gasteiger partial charge in [0.05, 0.1) is 23.1 Å². The minimum Gasteiger partial charge on any atom is -0.382 e. The van der Waals surface area contributed by atoms with Gasteiger partial charge >= 0.3 is 0 Å². The van der Waals surface area contributed by atoms with Gasteiger partial charge in [-0.3, -0.25) is 4.79 Å². The van der Waals surface area contributed by atoms with E-state index in [2.05, 4.69) is 31.6 Å². The zero-order valence-electron chi connectivity index (χ0n) is 17.3. The molecule has 2 heterocycles. The molecule has 4 aromatic rings. The zero-order chi connectivity index (χ0) is 22.7. The summed E-state index contributed by atoms with van der Waals surface area (Å²) < 4.78 is 0. The van der Waals surface area contributed by atoms with E-state index < -0.39 is 0 Å². The molecule has 0 bridgehead atoms. The monoisotopic (exact) mass is 442 g/mol. The second-order valence-electron chi connectivity index (χ2n) is 6.96. The van der Waals surface area contributed by atoms with Crippen LogP contribution in [0.5, 0.6) is 0 Å². The van der Waals surface area contributed by atoms with E-state index >= 15 is 0 Å². The topological polar surface area (TPSA) is 134 Å². The van der Waals surface area contributed by atoms with Crippen molar-refractivity contribution in [3.8, 4) is 28.0 Å². The Bertz CT molecular complexity index is 1320. The van der Waals surface area contributed by atoms with Crippen molar-refractivity contribution in [2.45, 2.75) is 0 Å². The highest BCUT2D eigenvalue weighted by atomic mass is 32.1. The van der Waals surface area contributed by atoms with Gasteiger partial charge in [0.25, 0.3) is 5.91 Å². The van der Waals surface area contributed by atoms with E-state index in [1.807, 2.05) is 18.2 Å². The van der Waals surface area contributed by atoms with E-state index in [-0.39, 0.29) is 11.7 Å². The van der Waals surface area contributed by atoms with E-state index in [4.69, 9.17) is 5.73 Å². The number of nitrogens with one attached hydrogen (secondary N) is 1. The highest BCUT2D eigenvalue weighted by molar-refractivity contribution is 7.18. The summed E-state index contributed by atoms with van der Waals surface area (Å²) in [6.45, 7) is 0. The van der Waals surface area contributed by atoms with Gasteiger partial charge in [-0.25, -0.2) is 9.97 Å². The van der Waals surface area contributed by atoms with Crippen molar-refractivity contribution in [3.63, 3.8) is 0 Å². The van der Waals surface area contributed by atoms with Crippen LogP contribution in [0, 0.1) is 11.3 Å². The van der Waals surface area contributed by atoms with Crippen LogP contribution in [0.4, 0.5) is 16.6 Å². The summed E-state index contributed by atoms with van der Waals surface area (Å²) in [5, 5.41) is 21.7. The van der Waals surface area contributed by atoms with Crippen LogP contribution in [0.25, 0.3) is 22.0 Å². The van der Waals surface area contributed by atoms with Crippen LogP contribution in [-0.2, 0) is 0 Å². The first kappa shape index (κ1) is 20.9. The van der Waals surface area contributed by atoms with Gasteiger partial charge in [0.2, 0.25) is 5.13 Å². The van der Waals surface area contributed by atoms with Crippen molar-refractivity contribution in [1.29, 1.82) is 5.26 Å². The Morgan fingerprint density at radius 3 is 2.59 bits per heavy atom. The molecule has 32 heavy (non-hydrogen) atoms. The van der Waals surface area contributed by atoms with Gasteiger partial charge in [-0.2, -0.15) is 5.26 Å². The fourth-order valence-electron chi connectivity index (χ4n) is 2.91. The van der Waals surface area contributed by atoms with Gasteiger partial charge in [-0.05, 0) is 24.3 Å². The molecule has 0 spiro atoms. The lowest BCUT2D eigenvalue weighted by atomic mass is 10.1. The Hall–Kier alpha value is -4.36. The van der Waals surface area contributed by atoms with Crippen LogP contribution in [0.2, 0.25) is 0 Å². The normalized spacial score (nSPS) is 10.4. The van der Waals surface area contributed by atoms with Crippen LogP contribution in [0.1, 0.15) is 15.9 Å². The molecule has 0 saturated carbocycles. The Balaban J connectivity index is 1.61. The van der Waals surface area contributed by atoms with E-state index in [9.17, 15) is 10.1 Å². The number of nitrogens with two attached hydrogens (primary N) is 1. The predicted molar refractivity (Wildman–Crippen MR) is 123 cm³/mol. The van der Waals surface area contributed by atoms with Crippen molar-refractivity contribution in [2.24, 2.45) is 0 Å². The third kappa shape index (κ3) is 4.23.